The largest absolute Gasteiger partial charge is 0.491 e. The van der Waals surface area contributed by atoms with Crippen LogP contribution in [-0.2, 0) is 23.9 Å². The number of carbonyl (C=O) groups excluding carboxylic acids is 3. The van der Waals surface area contributed by atoms with Crippen molar-refractivity contribution in [3.63, 3.8) is 0 Å². The number of morpholine rings is 1. The van der Waals surface area contributed by atoms with Crippen molar-refractivity contribution < 1.29 is 43.2 Å². The van der Waals surface area contributed by atoms with Crippen molar-refractivity contribution in [1.82, 2.24) is 30.4 Å². The first-order valence-corrected chi connectivity index (χ1v) is 24.1. The van der Waals surface area contributed by atoms with Gasteiger partial charge in [-0.2, -0.15) is 0 Å². The van der Waals surface area contributed by atoms with Gasteiger partial charge in [0.1, 0.15) is 58.7 Å². The molecule has 3 aromatic rings. The molecule has 5 aliphatic rings. The van der Waals surface area contributed by atoms with Gasteiger partial charge in [0, 0.05) is 66.2 Å². The lowest BCUT2D eigenvalue weighted by molar-refractivity contribution is -0.146. The van der Waals surface area contributed by atoms with E-state index in [0.29, 0.717) is 77.6 Å². The number of likely N-dealkylation sites (tertiary alicyclic amines) is 1. The average molecular weight is 949 g/mol. The Bertz CT molecular complexity index is 2450. The summed E-state index contributed by atoms with van der Waals surface area (Å²) in [5.41, 5.74) is 1.66. The van der Waals surface area contributed by atoms with Crippen molar-refractivity contribution in [2.24, 2.45) is 17.3 Å². The molecule has 1 aromatic carbocycles. The number of nitrogens with zero attached hydrogens (tertiary/aromatic N) is 4. The van der Waals surface area contributed by atoms with Crippen LogP contribution in [0.3, 0.4) is 0 Å². The van der Waals surface area contributed by atoms with E-state index in [2.05, 4.69) is 48.2 Å². The Morgan fingerprint density at radius 2 is 1.89 bits per heavy atom. The molecule has 3 amide bonds. The molecule has 16 nitrogen and oxygen atoms in total. The highest BCUT2D eigenvalue weighted by atomic mass is 35.5. The number of hydrogen-bond acceptors (Lipinski definition) is 13. The number of carboxylic acid groups (broad SMARTS) is 1. The number of carboxylic acids is 1. The molecule has 18 heteroatoms. The molecule has 4 N–H and O–H groups in total. The highest BCUT2D eigenvalue weighted by Crippen LogP contribution is 2.52. The van der Waals surface area contributed by atoms with Crippen LogP contribution in [0.4, 0.5) is 9.93 Å². The molecule has 356 valence electrons. The summed E-state index contributed by atoms with van der Waals surface area (Å²) in [6.07, 6.45) is 1.33. The molecule has 4 heterocycles. The predicted octanol–water partition coefficient (Wildman–Crippen LogP) is 7.07. The summed E-state index contributed by atoms with van der Waals surface area (Å²) < 4.78 is 24.6. The molecular formula is C48H62ClN7O9S. The van der Waals surface area contributed by atoms with Gasteiger partial charge in [-0.25, -0.2) is 19.6 Å². The van der Waals surface area contributed by atoms with Gasteiger partial charge in [0.2, 0.25) is 11.8 Å². The second kappa shape index (κ2) is 18.3. The number of aromatic nitrogens is 2. The molecular weight excluding hydrogens is 886 g/mol. The van der Waals surface area contributed by atoms with E-state index in [1.165, 1.54) is 33.5 Å². The van der Waals surface area contributed by atoms with Gasteiger partial charge >= 0.3 is 12.1 Å². The summed E-state index contributed by atoms with van der Waals surface area (Å²) in [4.78, 5) is 68.7. The topological polar surface area (TPSA) is 194 Å². The Morgan fingerprint density at radius 3 is 2.55 bits per heavy atom. The summed E-state index contributed by atoms with van der Waals surface area (Å²) in [7, 11) is 0. The van der Waals surface area contributed by atoms with Gasteiger partial charge in [0.25, 0.3) is 0 Å². The molecule has 2 saturated carbocycles. The summed E-state index contributed by atoms with van der Waals surface area (Å²) in [5.74, 6) is -1.63. The van der Waals surface area contributed by atoms with Gasteiger partial charge in [-0.15, -0.1) is 17.9 Å². The number of nitrogens with one attached hydrogen (secondary N) is 3. The second-order valence-corrected chi connectivity index (χ2v) is 21.5. The maximum absolute atomic E-state index is 14.9. The number of fused-ring (bicyclic) bond motifs is 2. The fraction of sp³-hybridized carbons (Fsp3) is 0.583. The van der Waals surface area contributed by atoms with Crippen molar-refractivity contribution in [2.75, 3.05) is 44.8 Å². The lowest BCUT2D eigenvalue weighted by Gasteiger charge is -2.41. The van der Waals surface area contributed by atoms with E-state index < -0.39 is 58.9 Å². The first-order chi connectivity index (χ1) is 31.2. The fourth-order valence-corrected chi connectivity index (χ4v) is 10.7. The average Bonchev–Trinajstić information content (AvgIpc) is 3.73. The molecule has 0 bridgehead atoms. The van der Waals surface area contributed by atoms with Crippen LogP contribution in [0, 0.1) is 17.3 Å². The number of pyridine rings is 1. The number of aliphatic carboxylic acids is 1. The SMILES string of the molecule is C=C[C@@H]1C[C@]1(NC(=O)[C@@H]1CC(Oc2cc(-c3csc(NC(C)C)n3)nc3c(Cl)c(OCCN4CCOCC4(C)C)ccc23)CN1C(=O)[C@@H](NC(=O)O[C@@H]1CC2=C(C)[C@@H]2C1)C(C)(C)C)C(=O)O. The third kappa shape index (κ3) is 9.72. The number of benzene rings is 1. The summed E-state index contributed by atoms with van der Waals surface area (Å²) in [6.45, 7) is 22.7. The highest BCUT2D eigenvalue weighted by molar-refractivity contribution is 7.14. The normalized spacial score (nSPS) is 26.2. The van der Waals surface area contributed by atoms with Gasteiger partial charge in [-0.3, -0.25) is 14.5 Å². The number of allylic oxidation sites excluding steroid dienone is 1. The number of anilines is 1. The van der Waals surface area contributed by atoms with Gasteiger partial charge in [0.15, 0.2) is 5.13 Å². The molecule has 2 saturated heterocycles. The van der Waals surface area contributed by atoms with E-state index in [9.17, 15) is 24.3 Å². The van der Waals surface area contributed by atoms with E-state index in [1.807, 2.05) is 46.1 Å². The minimum atomic E-state index is -1.55. The minimum Gasteiger partial charge on any atom is -0.491 e. The van der Waals surface area contributed by atoms with Crippen LogP contribution >= 0.6 is 22.9 Å². The second-order valence-electron chi connectivity index (χ2n) is 20.3. The van der Waals surface area contributed by atoms with Crippen LogP contribution < -0.4 is 25.4 Å². The number of hydrogen-bond donors (Lipinski definition) is 4. The Kier molecular flexibility index (Phi) is 13.1. The lowest BCUT2D eigenvalue weighted by atomic mass is 9.85. The summed E-state index contributed by atoms with van der Waals surface area (Å²) in [5, 5.41) is 22.6. The zero-order valence-electron chi connectivity index (χ0n) is 39.0. The Morgan fingerprint density at radius 1 is 1.12 bits per heavy atom. The van der Waals surface area contributed by atoms with Gasteiger partial charge in [-0.05, 0) is 65.0 Å². The quantitative estimate of drug-likeness (QED) is 0.107. The first-order valence-electron chi connectivity index (χ1n) is 22.8. The van der Waals surface area contributed by atoms with Crippen molar-refractivity contribution in [3.8, 4) is 22.9 Å². The Labute approximate surface area is 394 Å². The van der Waals surface area contributed by atoms with Crippen molar-refractivity contribution >= 4 is 62.8 Å². The molecule has 4 fully saturated rings. The highest BCUT2D eigenvalue weighted by Gasteiger charge is 2.61. The van der Waals surface area contributed by atoms with Crippen molar-refractivity contribution in [1.29, 1.82) is 0 Å². The third-order valence-electron chi connectivity index (χ3n) is 13.6. The van der Waals surface area contributed by atoms with Crippen LogP contribution in [-0.4, -0.2) is 130 Å². The van der Waals surface area contributed by atoms with Crippen LogP contribution in [0.2, 0.25) is 5.02 Å². The number of halogens is 1. The van der Waals surface area contributed by atoms with Crippen LogP contribution in [0.5, 0.6) is 11.5 Å². The van der Waals surface area contributed by atoms with Crippen molar-refractivity contribution in [2.45, 2.75) is 122 Å². The molecule has 7 atom stereocenters. The van der Waals surface area contributed by atoms with Gasteiger partial charge < -0.3 is 44.9 Å². The molecule has 0 radical (unpaired) electrons. The maximum Gasteiger partial charge on any atom is 0.408 e. The number of amides is 3. The standard InChI is InChI=1S/C48H62ClN7O9S/c1-10-27-21-48(27,43(59)60)54-41(57)35-19-29(22-56(35)42(58)40(46(5,6)7)53-45(61)65-28-17-31-26(4)32(31)18-28)64-37-20-33(34-23-66-44(52-34)50-25(2)3)51-39-30(37)11-12-36(38(39)49)63-16-14-55-13-15-62-24-47(55,8)9/h10-12,20,23,25,27-29,31,35,40H,1,13-19,21-22,24H2,2-9H3,(H,50,52)(H,53,61)(H,54,57)(H,59,60)/t27-,28+,29?,31+,35+,40-,48-/m1/s1. The number of ether oxygens (including phenoxy) is 4. The molecule has 3 aliphatic carbocycles. The van der Waals surface area contributed by atoms with Crippen LogP contribution in [0.25, 0.3) is 22.3 Å². The Balaban J connectivity index is 1.09. The zero-order valence-corrected chi connectivity index (χ0v) is 40.6. The number of rotatable bonds is 16. The Hall–Kier alpha value is -4.97. The number of carbonyl (C=O) groups is 4. The van der Waals surface area contributed by atoms with Crippen molar-refractivity contribution in [3.05, 3.63) is 52.4 Å². The van der Waals surface area contributed by atoms with E-state index in [1.54, 1.807) is 12.1 Å². The fourth-order valence-electron chi connectivity index (χ4n) is 9.58. The van der Waals surface area contributed by atoms with Crippen LogP contribution in [0.15, 0.2) is 47.4 Å². The maximum atomic E-state index is 14.9. The van der Waals surface area contributed by atoms with E-state index in [0.717, 1.165) is 13.0 Å². The monoisotopic (exact) mass is 947 g/mol. The van der Waals surface area contributed by atoms with E-state index in [4.69, 9.17) is 40.5 Å². The van der Waals surface area contributed by atoms with E-state index >= 15 is 0 Å². The minimum absolute atomic E-state index is 0.0103. The number of alkyl carbamates (subject to hydrolysis) is 1. The third-order valence-corrected chi connectivity index (χ3v) is 14.7. The molecule has 8 rings (SSSR count). The summed E-state index contributed by atoms with van der Waals surface area (Å²) >= 11 is 8.60. The molecule has 1 unspecified atom stereocenters. The molecule has 66 heavy (non-hydrogen) atoms. The predicted molar refractivity (Wildman–Crippen MR) is 252 cm³/mol. The van der Waals surface area contributed by atoms with Crippen LogP contribution in [0.1, 0.15) is 81.1 Å². The number of thiazole rings is 1. The first kappa shape index (κ1) is 47.5. The molecule has 0 spiro atoms. The van der Waals surface area contributed by atoms with Gasteiger partial charge in [0.05, 0.1) is 31.0 Å². The smallest absolute Gasteiger partial charge is 0.408 e. The molecule has 2 aromatic heterocycles. The van der Waals surface area contributed by atoms with E-state index in [-0.39, 0.29) is 42.1 Å². The van der Waals surface area contributed by atoms with Gasteiger partial charge in [-0.1, -0.05) is 49.6 Å². The summed E-state index contributed by atoms with van der Waals surface area (Å²) in [6, 6.07) is 3.26. The lowest BCUT2D eigenvalue weighted by Crippen LogP contribution is -2.59. The molecule has 2 aliphatic heterocycles. The zero-order chi connectivity index (χ0) is 47.5.